The van der Waals surface area contributed by atoms with Crippen molar-refractivity contribution in [3.8, 4) is 5.75 Å². The SMILES string of the molecule is COc1ccc(C2=NCN(C)C(NC(=O)C(C)(C)[S+](=O)(O)CC3CCOCC3)N2)cc1. The van der Waals surface area contributed by atoms with Crippen molar-refractivity contribution < 1.29 is 23.0 Å². The Morgan fingerprint density at radius 2 is 2.00 bits per heavy atom. The molecule has 1 aromatic rings. The second-order valence-corrected chi connectivity index (χ2v) is 11.2. The van der Waals surface area contributed by atoms with Gasteiger partial charge in [0.25, 0.3) is 5.91 Å². The summed E-state index contributed by atoms with van der Waals surface area (Å²) in [7, 11) is 0.0147. The normalized spacial score (nSPS) is 22.7. The zero-order valence-corrected chi connectivity index (χ0v) is 19.4. The third-order valence-electron chi connectivity index (χ3n) is 5.94. The molecule has 3 rings (SSSR count). The van der Waals surface area contributed by atoms with E-state index in [9.17, 15) is 13.6 Å². The summed E-state index contributed by atoms with van der Waals surface area (Å²) >= 11 is 0. The summed E-state index contributed by atoms with van der Waals surface area (Å²) in [5.74, 6) is 1.08. The first-order valence-corrected chi connectivity index (χ1v) is 12.1. The van der Waals surface area contributed by atoms with Crippen LogP contribution in [0.2, 0.25) is 0 Å². The average Bonchev–Trinajstić information content (AvgIpc) is 2.75. The molecule has 31 heavy (non-hydrogen) atoms. The van der Waals surface area contributed by atoms with Crippen LogP contribution in [0.5, 0.6) is 5.75 Å². The van der Waals surface area contributed by atoms with Crippen molar-refractivity contribution in [2.24, 2.45) is 10.9 Å². The number of ether oxygens (including phenoxy) is 2. The molecule has 0 spiro atoms. The van der Waals surface area contributed by atoms with Crippen LogP contribution in [0, 0.1) is 5.92 Å². The van der Waals surface area contributed by atoms with Crippen LogP contribution in [0.3, 0.4) is 0 Å². The lowest BCUT2D eigenvalue weighted by Crippen LogP contribution is -2.64. The Labute approximate surface area is 184 Å². The zero-order valence-electron chi connectivity index (χ0n) is 18.6. The van der Waals surface area contributed by atoms with Crippen molar-refractivity contribution >= 4 is 22.0 Å². The lowest BCUT2D eigenvalue weighted by Gasteiger charge is -2.35. The highest BCUT2D eigenvalue weighted by atomic mass is 32.3. The van der Waals surface area contributed by atoms with E-state index in [1.165, 1.54) is 13.8 Å². The fourth-order valence-electron chi connectivity index (χ4n) is 3.50. The minimum atomic E-state index is -3.41. The Balaban J connectivity index is 1.67. The molecule has 2 atom stereocenters. The van der Waals surface area contributed by atoms with E-state index in [4.69, 9.17) is 9.47 Å². The van der Waals surface area contributed by atoms with E-state index >= 15 is 0 Å². The number of methoxy groups -OCH3 is 1. The van der Waals surface area contributed by atoms with Crippen LogP contribution in [0.1, 0.15) is 32.3 Å². The first kappa shape index (κ1) is 23.6. The molecule has 2 unspecified atom stereocenters. The standard InChI is InChI=1S/C21H32N4O5S/c1-21(2,31(27,28)13-15-9-11-30-12-10-15)19(26)24-20-23-18(22-14-25(20)3)16-5-7-17(29-4)8-6-16/h5-8,15,20H,9-14H2,1-4H3,(H2-,22,23,24,26,27,28)/p+1. The molecule has 9 nitrogen and oxygen atoms in total. The quantitative estimate of drug-likeness (QED) is 0.537. The number of aliphatic imine (C=N–C) groups is 1. The molecule has 1 aromatic carbocycles. The van der Waals surface area contributed by atoms with E-state index in [1.54, 1.807) is 7.11 Å². The molecule has 0 radical (unpaired) electrons. The van der Waals surface area contributed by atoms with Crippen LogP contribution in [-0.2, 0) is 24.0 Å². The van der Waals surface area contributed by atoms with E-state index in [2.05, 4.69) is 15.6 Å². The fraction of sp³-hybridized carbons (Fsp3) is 0.619. The van der Waals surface area contributed by atoms with E-state index in [0.29, 0.717) is 25.7 Å². The first-order chi connectivity index (χ1) is 14.6. The molecule has 2 aliphatic heterocycles. The van der Waals surface area contributed by atoms with Crippen molar-refractivity contribution in [1.82, 2.24) is 15.5 Å². The van der Waals surface area contributed by atoms with E-state index in [0.717, 1.165) is 24.2 Å². The van der Waals surface area contributed by atoms with Crippen molar-refractivity contribution in [3.63, 3.8) is 0 Å². The maximum Gasteiger partial charge on any atom is 0.281 e. The number of benzene rings is 1. The van der Waals surface area contributed by atoms with E-state index in [-0.39, 0.29) is 11.7 Å². The fourth-order valence-corrected chi connectivity index (χ4v) is 5.24. The second-order valence-electron chi connectivity index (χ2n) is 8.53. The third kappa shape index (κ3) is 5.43. The van der Waals surface area contributed by atoms with Crippen molar-refractivity contribution in [2.45, 2.75) is 37.7 Å². The molecule has 2 aliphatic rings. The van der Waals surface area contributed by atoms with Gasteiger partial charge >= 0.3 is 0 Å². The van der Waals surface area contributed by atoms with Gasteiger partial charge in [-0.05, 0) is 58.0 Å². The summed E-state index contributed by atoms with van der Waals surface area (Å²) in [4.78, 5) is 19.4. The molecule has 0 aromatic heterocycles. The lowest BCUT2D eigenvalue weighted by atomic mass is 10.0. The van der Waals surface area contributed by atoms with Gasteiger partial charge in [0.05, 0.1) is 13.8 Å². The molecular weight excluding hydrogens is 420 g/mol. The summed E-state index contributed by atoms with van der Waals surface area (Å²) in [5.41, 5.74) is 0.859. The van der Waals surface area contributed by atoms with Crippen molar-refractivity contribution in [3.05, 3.63) is 29.8 Å². The van der Waals surface area contributed by atoms with Gasteiger partial charge in [0.1, 0.15) is 17.3 Å². The van der Waals surface area contributed by atoms with Crippen LogP contribution in [0.25, 0.3) is 0 Å². The maximum absolute atomic E-state index is 13.2. The van der Waals surface area contributed by atoms with Crippen molar-refractivity contribution in [2.75, 3.05) is 39.8 Å². The molecule has 172 valence electrons. The Morgan fingerprint density at radius 1 is 1.35 bits per heavy atom. The van der Waals surface area contributed by atoms with Gasteiger partial charge in [0.15, 0.2) is 6.29 Å². The number of nitrogens with one attached hydrogen (secondary N) is 2. The van der Waals surface area contributed by atoms with Gasteiger partial charge in [0, 0.05) is 24.7 Å². The average molecular weight is 454 g/mol. The lowest BCUT2D eigenvalue weighted by molar-refractivity contribution is -0.125. The van der Waals surface area contributed by atoms with Gasteiger partial charge in [-0.25, -0.2) is 4.90 Å². The monoisotopic (exact) mass is 453 g/mol. The maximum atomic E-state index is 13.2. The molecule has 1 fully saturated rings. The largest absolute Gasteiger partial charge is 0.497 e. The number of hydrogen-bond donors (Lipinski definition) is 3. The Morgan fingerprint density at radius 3 is 2.61 bits per heavy atom. The van der Waals surface area contributed by atoms with Crippen LogP contribution in [0.4, 0.5) is 0 Å². The molecule has 0 bridgehead atoms. The van der Waals surface area contributed by atoms with Crippen LogP contribution in [0.15, 0.2) is 29.3 Å². The van der Waals surface area contributed by atoms with Crippen LogP contribution in [-0.4, -0.2) is 72.0 Å². The molecule has 2 heterocycles. The highest BCUT2D eigenvalue weighted by Gasteiger charge is 2.53. The Hall–Kier alpha value is -2.01. The zero-order chi connectivity index (χ0) is 22.6. The Kier molecular flexibility index (Phi) is 7.35. The highest BCUT2D eigenvalue weighted by molar-refractivity contribution is 7.99. The van der Waals surface area contributed by atoms with Gasteiger partial charge in [-0.15, -0.1) is 0 Å². The van der Waals surface area contributed by atoms with E-state index in [1.807, 2.05) is 36.2 Å². The molecule has 1 saturated heterocycles. The number of amidine groups is 1. The minimum Gasteiger partial charge on any atom is -0.497 e. The van der Waals surface area contributed by atoms with Gasteiger partial charge in [-0.1, -0.05) is 4.21 Å². The number of nitrogens with zero attached hydrogens (tertiary/aromatic N) is 2. The molecule has 0 aliphatic carbocycles. The van der Waals surface area contributed by atoms with Crippen molar-refractivity contribution in [1.29, 1.82) is 0 Å². The van der Waals surface area contributed by atoms with Crippen LogP contribution < -0.4 is 15.4 Å². The topological polar surface area (TPSA) is 112 Å². The third-order valence-corrected chi connectivity index (χ3v) is 8.65. The number of amides is 1. The van der Waals surface area contributed by atoms with Gasteiger partial charge < -0.3 is 20.1 Å². The molecule has 3 N–H and O–H groups in total. The number of carbonyl (C=O) groups is 1. The first-order valence-electron chi connectivity index (χ1n) is 10.4. The molecule has 0 saturated carbocycles. The predicted octanol–water partition coefficient (Wildman–Crippen LogP) is 1.51. The predicted molar refractivity (Wildman–Crippen MR) is 120 cm³/mol. The molecule has 10 heteroatoms. The summed E-state index contributed by atoms with van der Waals surface area (Å²) < 4.78 is 33.0. The van der Waals surface area contributed by atoms with E-state index < -0.39 is 27.2 Å². The molecule has 1 amide bonds. The number of hydrogen-bond acceptors (Lipinski definition) is 7. The van der Waals surface area contributed by atoms with Gasteiger partial charge in [-0.3, -0.25) is 9.79 Å². The second kappa shape index (κ2) is 9.64. The summed E-state index contributed by atoms with van der Waals surface area (Å²) in [6, 6.07) is 7.44. The number of carbonyl (C=O) groups excluding carboxylic acids is 1. The smallest absolute Gasteiger partial charge is 0.281 e. The van der Waals surface area contributed by atoms with Crippen LogP contribution >= 0.6 is 0 Å². The summed E-state index contributed by atoms with van der Waals surface area (Å²) in [5, 5.41) is 6.09. The summed E-state index contributed by atoms with van der Waals surface area (Å²) in [6.07, 6.45) is 0.924. The minimum absolute atomic E-state index is 0.0858. The Bertz CT molecular complexity index is 852. The number of rotatable bonds is 7. The van der Waals surface area contributed by atoms with Gasteiger partial charge in [0.2, 0.25) is 15.0 Å². The highest BCUT2D eigenvalue weighted by Crippen LogP contribution is 2.29. The van der Waals surface area contributed by atoms with Gasteiger partial charge in [-0.2, -0.15) is 4.55 Å². The molecular formula is C21H33N4O5S+. The summed E-state index contributed by atoms with van der Waals surface area (Å²) in [6.45, 7) is 4.63.